The van der Waals surface area contributed by atoms with Gasteiger partial charge in [0.2, 0.25) is 0 Å². The highest BCUT2D eigenvalue weighted by Gasteiger charge is 2.10. The third-order valence-electron chi connectivity index (χ3n) is 2.69. The molecule has 20 heavy (non-hydrogen) atoms. The van der Waals surface area contributed by atoms with Crippen molar-refractivity contribution < 1.29 is 14.3 Å². The quantitative estimate of drug-likeness (QED) is 0.677. The van der Waals surface area contributed by atoms with Gasteiger partial charge in [0.25, 0.3) is 5.91 Å². The van der Waals surface area contributed by atoms with Crippen molar-refractivity contribution in [1.29, 1.82) is 0 Å². The van der Waals surface area contributed by atoms with Crippen LogP contribution >= 0.6 is 0 Å². The average molecular weight is 280 g/mol. The van der Waals surface area contributed by atoms with E-state index in [-0.39, 0.29) is 5.91 Å². The topological polar surface area (TPSA) is 59.6 Å². The number of carbonyl (C=O) groups is 1. The monoisotopic (exact) mass is 280 g/mol. The Kier molecular flexibility index (Phi) is 7.50. The van der Waals surface area contributed by atoms with Crippen LogP contribution in [0.4, 0.5) is 0 Å². The zero-order valence-electron chi connectivity index (χ0n) is 12.5. The molecule has 1 aromatic carbocycles. The lowest BCUT2D eigenvalue weighted by molar-refractivity contribution is 0.0952. The third kappa shape index (κ3) is 5.09. The Bertz CT molecular complexity index is 422. The van der Waals surface area contributed by atoms with E-state index in [1.54, 1.807) is 18.2 Å². The number of hydrogen-bond acceptors (Lipinski definition) is 4. The van der Waals surface area contributed by atoms with Crippen molar-refractivity contribution in [2.24, 2.45) is 0 Å². The Labute approximate surface area is 120 Å². The molecular formula is C15H24N2O3. The Morgan fingerprint density at radius 1 is 1.10 bits per heavy atom. The van der Waals surface area contributed by atoms with Crippen LogP contribution in [-0.2, 0) is 0 Å². The van der Waals surface area contributed by atoms with Gasteiger partial charge in [0.1, 0.15) is 0 Å². The molecule has 0 bridgehead atoms. The first kappa shape index (κ1) is 16.3. The molecule has 0 aromatic heterocycles. The van der Waals surface area contributed by atoms with Crippen molar-refractivity contribution in [2.75, 3.05) is 33.4 Å². The van der Waals surface area contributed by atoms with Crippen molar-refractivity contribution in [3.8, 4) is 11.5 Å². The van der Waals surface area contributed by atoms with Gasteiger partial charge in [-0.3, -0.25) is 4.79 Å². The van der Waals surface area contributed by atoms with Crippen molar-refractivity contribution in [1.82, 2.24) is 10.6 Å². The molecule has 1 rings (SSSR count). The van der Waals surface area contributed by atoms with E-state index in [2.05, 4.69) is 10.6 Å². The molecular weight excluding hydrogens is 256 g/mol. The SMILES string of the molecule is CCOc1ccc(C(=O)NCCCNC)cc1OCC. The fourth-order valence-electron chi connectivity index (χ4n) is 1.76. The van der Waals surface area contributed by atoms with Gasteiger partial charge < -0.3 is 20.1 Å². The average Bonchev–Trinajstić information content (AvgIpc) is 2.45. The normalized spacial score (nSPS) is 10.2. The van der Waals surface area contributed by atoms with Crippen LogP contribution in [-0.4, -0.2) is 39.3 Å². The summed E-state index contributed by atoms with van der Waals surface area (Å²) in [5, 5.41) is 5.92. The lowest BCUT2D eigenvalue weighted by atomic mass is 10.2. The summed E-state index contributed by atoms with van der Waals surface area (Å²) >= 11 is 0. The fraction of sp³-hybridized carbons (Fsp3) is 0.533. The molecule has 0 aliphatic heterocycles. The predicted molar refractivity (Wildman–Crippen MR) is 79.7 cm³/mol. The Balaban J connectivity index is 2.69. The molecule has 0 heterocycles. The molecule has 0 aliphatic carbocycles. The highest BCUT2D eigenvalue weighted by Crippen LogP contribution is 2.28. The molecule has 5 nitrogen and oxygen atoms in total. The largest absolute Gasteiger partial charge is 0.490 e. The van der Waals surface area contributed by atoms with Gasteiger partial charge in [0.05, 0.1) is 13.2 Å². The van der Waals surface area contributed by atoms with Gasteiger partial charge in [-0.05, 0) is 52.1 Å². The van der Waals surface area contributed by atoms with E-state index < -0.39 is 0 Å². The molecule has 0 aliphatic rings. The zero-order chi connectivity index (χ0) is 14.8. The molecule has 0 atom stereocenters. The van der Waals surface area contributed by atoms with E-state index in [1.165, 1.54) is 0 Å². The Morgan fingerprint density at radius 2 is 1.80 bits per heavy atom. The molecule has 0 spiro atoms. The van der Waals surface area contributed by atoms with Crippen LogP contribution < -0.4 is 20.1 Å². The van der Waals surface area contributed by atoms with Crippen LogP contribution in [0.1, 0.15) is 30.6 Å². The molecule has 0 fully saturated rings. The summed E-state index contributed by atoms with van der Waals surface area (Å²) in [6.45, 7) is 6.45. The van der Waals surface area contributed by atoms with Crippen molar-refractivity contribution >= 4 is 5.91 Å². The second kappa shape index (κ2) is 9.20. The molecule has 0 saturated carbocycles. The minimum Gasteiger partial charge on any atom is -0.490 e. The number of hydrogen-bond donors (Lipinski definition) is 2. The van der Waals surface area contributed by atoms with Gasteiger partial charge in [0.15, 0.2) is 11.5 Å². The summed E-state index contributed by atoms with van der Waals surface area (Å²) in [6.07, 6.45) is 0.900. The minimum atomic E-state index is -0.0925. The Hall–Kier alpha value is -1.75. The van der Waals surface area contributed by atoms with Crippen molar-refractivity contribution in [3.05, 3.63) is 23.8 Å². The summed E-state index contributed by atoms with van der Waals surface area (Å²) in [5.41, 5.74) is 0.585. The summed E-state index contributed by atoms with van der Waals surface area (Å²) in [4.78, 5) is 12.0. The van der Waals surface area contributed by atoms with Crippen LogP contribution in [0.2, 0.25) is 0 Å². The van der Waals surface area contributed by atoms with E-state index in [4.69, 9.17) is 9.47 Å². The first-order chi connectivity index (χ1) is 9.72. The molecule has 2 N–H and O–H groups in total. The van der Waals surface area contributed by atoms with Crippen LogP contribution in [0.15, 0.2) is 18.2 Å². The molecule has 1 amide bonds. The summed E-state index contributed by atoms with van der Waals surface area (Å²) < 4.78 is 11.0. The van der Waals surface area contributed by atoms with E-state index in [1.807, 2.05) is 20.9 Å². The predicted octanol–water partition coefficient (Wildman–Crippen LogP) is 1.82. The van der Waals surface area contributed by atoms with Gasteiger partial charge in [-0.25, -0.2) is 0 Å². The van der Waals surface area contributed by atoms with Crippen LogP contribution in [0.3, 0.4) is 0 Å². The lowest BCUT2D eigenvalue weighted by Gasteiger charge is -2.12. The minimum absolute atomic E-state index is 0.0925. The van der Waals surface area contributed by atoms with E-state index in [0.717, 1.165) is 13.0 Å². The third-order valence-corrected chi connectivity index (χ3v) is 2.69. The summed E-state index contributed by atoms with van der Waals surface area (Å²) in [5.74, 6) is 1.18. The van der Waals surface area contributed by atoms with Gasteiger partial charge in [-0.15, -0.1) is 0 Å². The molecule has 112 valence electrons. The number of rotatable bonds is 9. The van der Waals surface area contributed by atoms with Crippen LogP contribution in [0, 0.1) is 0 Å². The second-order valence-electron chi connectivity index (χ2n) is 4.24. The van der Waals surface area contributed by atoms with E-state index >= 15 is 0 Å². The summed E-state index contributed by atoms with van der Waals surface area (Å²) in [7, 11) is 1.89. The maximum absolute atomic E-state index is 12.0. The highest BCUT2D eigenvalue weighted by atomic mass is 16.5. The number of benzene rings is 1. The standard InChI is InChI=1S/C15H24N2O3/c1-4-19-13-8-7-12(11-14(13)20-5-2)15(18)17-10-6-9-16-3/h7-8,11,16H,4-6,9-10H2,1-3H3,(H,17,18). The van der Waals surface area contributed by atoms with Gasteiger partial charge >= 0.3 is 0 Å². The van der Waals surface area contributed by atoms with Crippen LogP contribution in [0.25, 0.3) is 0 Å². The number of nitrogens with one attached hydrogen (secondary N) is 2. The highest BCUT2D eigenvalue weighted by molar-refractivity contribution is 5.94. The molecule has 0 radical (unpaired) electrons. The lowest BCUT2D eigenvalue weighted by Crippen LogP contribution is -2.26. The van der Waals surface area contributed by atoms with Crippen LogP contribution in [0.5, 0.6) is 11.5 Å². The number of amides is 1. The zero-order valence-corrected chi connectivity index (χ0v) is 12.5. The molecule has 0 unspecified atom stereocenters. The molecule has 1 aromatic rings. The van der Waals surface area contributed by atoms with Crippen molar-refractivity contribution in [2.45, 2.75) is 20.3 Å². The van der Waals surface area contributed by atoms with Gasteiger partial charge in [0, 0.05) is 12.1 Å². The molecule has 5 heteroatoms. The maximum Gasteiger partial charge on any atom is 0.251 e. The summed E-state index contributed by atoms with van der Waals surface area (Å²) in [6, 6.07) is 5.25. The van der Waals surface area contributed by atoms with Gasteiger partial charge in [-0.1, -0.05) is 0 Å². The maximum atomic E-state index is 12.0. The fourth-order valence-corrected chi connectivity index (χ4v) is 1.76. The first-order valence-corrected chi connectivity index (χ1v) is 7.05. The smallest absolute Gasteiger partial charge is 0.251 e. The van der Waals surface area contributed by atoms with E-state index in [0.29, 0.717) is 36.8 Å². The second-order valence-corrected chi connectivity index (χ2v) is 4.24. The number of carbonyl (C=O) groups excluding carboxylic acids is 1. The Morgan fingerprint density at radius 3 is 2.45 bits per heavy atom. The number of ether oxygens (including phenoxy) is 2. The molecule has 0 saturated heterocycles. The van der Waals surface area contributed by atoms with Crippen molar-refractivity contribution in [3.63, 3.8) is 0 Å². The van der Waals surface area contributed by atoms with Gasteiger partial charge in [-0.2, -0.15) is 0 Å². The first-order valence-electron chi connectivity index (χ1n) is 7.05. The van der Waals surface area contributed by atoms with E-state index in [9.17, 15) is 4.79 Å².